The molecule has 0 spiro atoms. The number of thiocarbonyl (C=S) groups is 1. The summed E-state index contributed by atoms with van der Waals surface area (Å²) in [6.45, 7) is 1.40. The van der Waals surface area contributed by atoms with Gasteiger partial charge < -0.3 is 14.9 Å². The predicted molar refractivity (Wildman–Crippen MR) is 94.5 cm³/mol. The molecule has 1 amide bonds. The van der Waals surface area contributed by atoms with Crippen LogP contribution in [0, 0.1) is 0 Å². The lowest BCUT2D eigenvalue weighted by Crippen LogP contribution is -2.41. The molecule has 2 rings (SSSR count). The van der Waals surface area contributed by atoms with Gasteiger partial charge in [0, 0.05) is 0 Å². The Morgan fingerprint density at radius 2 is 2.17 bits per heavy atom. The van der Waals surface area contributed by atoms with E-state index in [4.69, 9.17) is 22.1 Å². The average Bonchev–Trinajstić information content (AvgIpc) is 2.76. The van der Waals surface area contributed by atoms with Crippen molar-refractivity contribution in [2.45, 2.75) is 13.0 Å². The zero-order chi connectivity index (χ0) is 17.3. The van der Waals surface area contributed by atoms with E-state index in [0.29, 0.717) is 14.9 Å². The van der Waals surface area contributed by atoms with Crippen LogP contribution in [0.15, 0.2) is 21.5 Å². The van der Waals surface area contributed by atoms with E-state index in [1.54, 1.807) is 18.2 Å². The number of hydrogen-bond donors (Lipinski definition) is 2. The molecular formula is C14H12BrNO5S2. The van der Waals surface area contributed by atoms with Crippen LogP contribution < -0.4 is 4.74 Å². The van der Waals surface area contributed by atoms with Crippen LogP contribution >= 0.6 is 39.9 Å². The summed E-state index contributed by atoms with van der Waals surface area (Å²) in [6.07, 6.45) is 1.57. The van der Waals surface area contributed by atoms with Crippen LogP contribution in [0.5, 0.6) is 11.5 Å². The third-order valence-corrected chi connectivity index (χ3v) is 5.07. The van der Waals surface area contributed by atoms with Gasteiger partial charge in [0.1, 0.15) is 10.4 Å². The fourth-order valence-corrected chi connectivity index (χ4v) is 3.79. The number of nitrogens with zero attached hydrogens (tertiary/aromatic N) is 1. The maximum atomic E-state index is 12.4. The van der Waals surface area contributed by atoms with Gasteiger partial charge in [0.2, 0.25) is 0 Å². The van der Waals surface area contributed by atoms with E-state index in [0.717, 1.165) is 16.7 Å². The Morgan fingerprint density at radius 1 is 1.52 bits per heavy atom. The van der Waals surface area contributed by atoms with Gasteiger partial charge in [-0.15, -0.1) is 0 Å². The van der Waals surface area contributed by atoms with E-state index >= 15 is 0 Å². The minimum atomic E-state index is -1.13. The molecule has 9 heteroatoms. The second-order valence-corrected chi connectivity index (χ2v) is 7.15. The van der Waals surface area contributed by atoms with Crippen LogP contribution in [0.3, 0.4) is 0 Å². The van der Waals surface area contributed by atoms with Crippen LogP contribution in [-0.2, 0) is 9.59 Å². The highest BCUT2D eigenvalue weighted by Crippen LogP contribution is 2.38. The maximum Gasteiger partial charge on any atom is 0.326 e. The number of halogens is 1. The summed E-state index contributed by atoms with van der Waals surface area (Å²) >= 11 is 9.33. The number of phenolic OH excluding ortho intramolecular Hbond substituents is 1. The zero-order valence-electron chi connectivity index (χ0n) is 12.1. The minimum absolute atomic E-state index is 0.0447. The van der Waals surface area contributed by atoms with Gasteiger partial charge in [0.05, 0.1) is 16.5 Å². The van der Waals surface area contributed by atoms with Crippen LogP contribution in [0.1, 0.15) is 12.5 Å². The summed E-state index contributed by atoms with van der Waals surface area (Å²) in [5.41, 5.74) is 0.606. The molecule has 0 radical (unpaired) electrons. The Morgan fingerprint density at radius 3 is 2.74 bits per heavy atom. The maximum absolute atomic E-state index is 12.4. The lowest BCUT2D eigenvalue weighted by molar-refractivity contribution is -0.144. The number of carbonyl (C=O) groups excluding carboxylic acids is 1. The molecule has 1 atom stereocenters. The molecule has 0 aliphatic carbocycles. The normalized spacial score (nSPS) is 17.7. The van der Waals surface area contributed by atoms with Crippen LogP contribution in [-0.4, -0.2) is 44.5 Å². The van der Waals surface area contributed by atoms with E-state index in [9.17, 15) is 14.7 Å². The van der Waals surface area contributed by atoms with Gasteiger partial charge in [-0.2, -0.15) is 0 Å². The summed E-state index contributed by atoms with van der Waals surface area (Å²) in [7, 11) is 1.42. The van der Waals surface area contributed by atoms with E-state index in [2.05, 4.69) is 15.9 Å². The van der Waals surface area contributed by atoms with Crippen molar-refractivity contribution in [2.75, 3.05) is 7.11 Å². The zero-order valence-corrected chi connectivity index (χ0v) is 15.3. The molecule has 1 saturated heterocycles. The Balaban J connectivity index is 2.38. The molecule has 1 heterocycles. The van der Waals surface area contributed by atoms with Crippen LogP contribution in [0.4, 0.5) is 0 Å². The summed E-state index contributed by atoms with van der Waals surface area (Å²) in [5, 5.41) is 18.9. The number of carboxylic acid groups (broad SMARTS) is 1. The first-order valence-electron chi connectivity index (χ1n) is 6.32. The number of rotatable bonds is 4. The van der Waals surface area contributed by atoms with Gasteiger partial charge in [0.15, 0.2) is 11.5 Å². The number of carbonyl (C=O) groups is 2. The Kier molecular flexibility index (Phi) is 5.33. The second kappa shape index (κ2) is 6.90. The number of phenols is 1. The van der Waals surface area contributed by atoms with Crippen molar-refractivity contribution in [3.63, 3.8) is 0 Å². The van der Waals surface area contributed by atoms with E-state index in [-0.39, 0.29) is 15.8 Å². The number of benzene rings is 1. The summed E-state index contributed by atoms with van der Waals surface area (Å²) < 4.78 is 5.66. The molecule has 0 unspecified atom stereocenters. The molecule has 1 aliphatic rings. The topological polar surface area (TPSA) is 87.1 Å². The van der Waals surface area contributed by atoms with Crippen molar-refractivity contribution < 1.29 is 24.5 Å². The van der Waals surface area contributed by atoms with Crippen LogP contribution in [0.25, 0.3) is 6.08 Å². The summed E-state index contributed by atoms with van der Waals surface area (Å²) in [5.74, 6) is -1.38. The molecular weight excluding hydrogens is 406 g/mol. The van der Waals surface area contributed by atoms with Crippen molar-refractivity contribution in [2.24, 2.45) is 0 Å². The molecule has 6 nitrogen and oxygen atoms in total. The largest absolute Gasteiger partial charge is 0.503 e. The van der Waals surface area contributed by atoms with Crippen molar-refractivity contribution in [1.29, 1.82) is 0 Å². The summed E-state index contributed by atoms with van der Waals surface area (Å²) in [4.78, 5) is 24.8. The van der Waals surface area contributed by atoms with Crippen molar-refractivity contribution in [3.8, 4) is 11.5 Å². The number of aromatic hydroxyl groups is 1. The first-order chi connectivity index (χ1) is 10.8. The first kappa shape index (κ1) is 17.8. The Labute approximate surface area is 150 Å². The molecule has 1 fully saturated rings. The van der Waals surface area contributed by atoms with E-state index < -0.39 is 17.9 Å². The molecule has 122 valence electrons. The standard InChI is InChI=1S/C14H12BrNO5S2/c1-6(13(19)20)16-12(18)10(23-14(16)22)5-7-3-8(15)11(17)9(4-7)21-2/h3-6,17H,1-2H3,(H,19,20)/t6-/m1/s1. The van der Waals surface area contributed by atoms with Gasteiger partial charge in [-0.25, -0.2) is 4.79 Å². The first-order valence-corrected chi connectivity index (χ1v) is 8.34. The average molecular weight is 418 g/mol. The molecule has 2 N–H and O–H groups in total. The predicted octanol–water partition coefficient (Wildman–Crippen LogP) is 2.84. The Bertz CT molecular complexity index is 734. The van der Waals surface area contributed by atoms with E-state index in [1.165, 1.54) is 14.0 Å². The van der Waals surface area contributed by atoms with Gasteiger partial charge in [-0.05, 0) is 46.6 Å². The molecule has 1 aromatic carbocycles. The highest BCUT2D eigenvalue weighted by Gasteiger charge is 2.38. The molecule has 0 bridgehead atoms. The monoisotopic (exact) mass is 417 g/mol. The van der Waals surface area contributed by atoms with Gasteiger partial charge in [0.25, 0.3) is 5.91 Å². The lowest BCUT2D eigenvalue weighted by atomic mass is 10.1. The number of aliphatic carboxylic acids is 1. The van der Waals surface area contributed by atoms with Gasteiger partial charge in [-0.3, -0.25) is 9.69 Å². The number of methoxy groups -OCH3 is 1. The lowest BCUT2D eigenvalue weighted by Gasteiger charge is -2.18. The third kappa shape index (κ3) is 3.51. The highest BCUT2D eigenvalue weighted by molar-refractivity contribution is 9.10. The third-order valence-electron chi connectivity index (χ3n) is 3.14. The summed E-state index contributed by atoms with van der Waals surface area (Å²) in [6, 6.07) is 2.15. The number of amides is 1. The quantitative estimate of drug-likeness (QED) is 0.575. The number of carboxylic acids is 1. The van der Waals surface area contributed by atoms with Gasteiger partial charge in [-0.1, -0.05) is 24.0 Å². The van der Waals surface area contributed by atoms with Crippen LogP contribution in [0.2, 0.25) is 0 Å². The highest BCUT2D eigenvalue weighted by atomic mass is 79.9. The van der Waals surface area contributed by atoms with Crippen molar-refractivity contribution >= 4 is 62.2 Å². The SMILES string of the molecule is COc1cc(C=C2SC(=S)N([C@H](C)C(=O)O)C2=O)cc(Br)c1O. The smallest absolute Gasteiger partial charge is 0.326 e. The fourth-order valence-electron chi connectivity index (χ4n) is 1.91. The minimum Gasteiger partial charge on any atom is -0.503 e. The number of hydrogen-bond acceptors (Lipinski definition) is 6. The van der Waals surface area contributed by atoms with E-state index in [1.807, 2.05) is 0 Å². The number of ether oxygens (including phenoxy) is 1. The molecule has 1 aromatic rings. The van der Waals surface area contributed by atoms with Crippen molar-refractivity contribution in [3.05, 3.63) is 27.1 Å². The number of thioether (sulfide) groups is 1. The molecule has 0 saturated carbocycles. The van der Waals surface area contributed by atoms with Crippen molar-refractivity contribution in [1.82, 2.24) is 4.90 Å². The molecule has 23 heavy (non-hydrogen) atoms. The Hall–Kier alpha value is -1.58. The van der Waals surface area contributed by atoms with Gasteiger partial charge >= 0.3 is 5.97 Å². The fraction of sp³-hybridized carbons (Fsp3) is 0.214. The molecule has 1 aliphatic heterocycles. The molecule has 0 aromatic heterocycles. The second-order valence-electron chi connectivity index (χ2n) is 4.62.